The number of carbonyl (C=O) groups excluding carboxylic acids is 1. The number of hydrogen-bond acceptors (Lipinski definition) is 6. The van der Waals surface area contributed by atoms with Crippen molar-refractivity contribution in [3.8, 4) is 11.5 Å². The average molecular weight is 295 g/mol. The molecule has 1 aliphatic heterocycles. The predicted molar refractivity (Wildman–Crippen MR) is 81.1 cm³/mol. The molecule has 0 aliphatic carbocycles. The summed E-state index contributed by atoms with van der Waals surface area (Å²) in [6.45, 7) is 0. The van der Waals surface area contributed by atoms with Crippen molar-refractivity contribution in [2.75, 3.05) is 20.5 Å². The Morgan fingerprint density at radius 2 is 2.11 bits per heavy atom. The van der Waals surface area contributed by atoms with Gasteiger partial charge in [-0.2, -0.15) is 0 Å². The normalized spacial score (nSPS) is 16.7. The van der Waals surface area contributed by atoms with E-state index >= 15 is 0 Å². The van der Waals surface area contributed by atoms with Gasteiger partial charge in [-0.1, -0.05) is 0 Å². The number of methoxy groups -OCH3 is 2. The van der Waals surface area contributed by atoms with E-state index in [1.807, 2.05) is 18.4 Å². The van der Waals surface area contributed by atoms with E-state index in [1.165, 1.54) is 11.8 Å². The maximum Gasteiger partial charge on any atom is 0.244 e. The second-order valence-electron chi connectivity index (χ2n) is 3.61. The zero-order chi connectivity index (χ0) is 13.8. The van der Waals surface area contributed by atoms with E-state index in [0.717, 1.165) is 21.7 Å². The molecule has 0 aromatic heterocycles. The highest BCUT2D eigenvalue weighted by Crippen LogP contribution is 2.32. The molecule has 100 valence electrons. The number of rotatable bonds is 3. The van der Waals surface area contributed by atoms with Crippen LogP contribution in [0.4, 0.5) is 0 Å². The highest BCUT2D eigenvalue weighted by atomic mass is 32.2. The number of ether oxygens (including phenoxy) is 2. The topological polar surface area (TPSA) is 47.9 Å². The van der Waals surface area contributed by atoms with Gasteiger partial charge in [-0.3, -0.25) is 4.79 Å². The van der Waals surface area contributed by atoms with Crippen LogP contribution in [-0.2, 0) is 4.79 Å². The number of hydrogen-bond donors (Lipinski definition) is 0. The lowest BCUT2D eigenvalue weighted by molar-refractivity contribution is -0.107. The average Bonchev–Trinajstić information content (AvgIpc) is 2.79. The maximum atomic E-state index is 11.8. The zero-order valence-corrected chi connectivity index (χ0v) is 12.4. The fourth-order valence-electron chi connectivity index (χ4n) is 1.58. The van der Waals surface area contributed by atoms with Gasteiger partial charge in [0.2, 0.25) is 5.12 Å². The Hall–Kier alpha value is -1.40. The van der Waals surface area contributed by atoms with Crippen molar-refractivity contribution in [1.82, 2.24) is 0 Å². The van der Waals surface area contributed by atoms with E-state index in [9.17, 15) is 4.79 Å². The van der Waals surface area contributed by atoms with E-state index in [0.29, 0.717) is 17.2 Å². The van der Waals surface area contributed by atoms with Crippen molar-refractivity contribution < 1.29 is 14.3 Å². The summed E-state index contributed by atoms with van der Waals surface area (Å²) in [5.74, 6) is 1.39. The monoisotopic (exact) mass is 295 g/mol. The highest BCUT2D eigenvalue weighted by molar-refractivity contribution is 8.45. The van der Waals surface area contributed by atoms with E-state index in [1.54, 1.807) is 26.4 Å². The Labute approximate surface area is 120 Å². The van der Waals surface area contributed by atoms with Gasteiger partial charge in [0.15, 0.2) is 0 Å². The van der Waals surface area contributed by atoms with Crippen LogP contribution in [0.5, 0.6) is 11.5 Å². The van der Waals surface area contributed by atoms with E-state index in [2.05, 4.69) is 4.99 Å². The standard InChI is InChI=1S/C13H13NO3S2/c1-16-9-4-5-11(17-2)8(6-9)7-10-12(15)19-13(14-10)18-3/h4-7H,1-3H3/b10-7-. The molecule has 0 fully saturated rings. The second kappa shape index (κ2) is 6.16. The number of thioether (sulfide) groups is 2. The molecule has 0 bridgehead atoms. The summed E-state index contributed by atoms with van der Waals surface area (Å²) in [6, 6.07) is 5.43. The van der Waals surface area contributed by atoms with Gasteiger partial charge >= 0.3 is 0 Å². The third-order valence-corrected chi connectivity index (χ3v) is 4.36. The quantitative estimate of drug-likeness (QED) is 0.802. The minimum absolute atomic E-state index is 0.0470. The van der Waals surface area contributed by atoms with E-state index < -0.39 is 0 Å². The molecule has 1 heterocycles. The molecule has 6 heteroatoms. The fraction of sp³-hybridized carbons (Fsp3) is 0.231. The largest absolute Gasteiger partial charge is 0.497 e. The molecule has 0 unspecified atom stereocenters. The molecule has 0 amide bonds. The van der Waals surface area contributed by atoms with Crippen LogP contribution < -0.4 is 9.47 Å². The number of nitrogens with zero attached hydrogens (tertiary/aromatic N) is 1. The van der Waals surface area contributed by atoms with E-state index in [4.69, 9.17) is 9.47 Å². The van der Waals surface area contributed by atoms with Crippen LogP contribution in [0.25, 0.3) is 6.08 Å². The molecule has 4 nitrogen and oxygen atoms in total. The lowest BCUT2D eigenvalue weighted by Gasteiger charge is -2.07. The molecule has 2 rings (SSSR count). The minimum Gasteiger partial charge on any atom is -0.497 e. The lowest BCUT2D eigenvalue weighted by Crippen LogP contribution is -1.92. The molecular formula is C13H13NO3S2. The Kier molecular flexibility index (Phi) is 4.55. The van der Waals surface area contributed by atoms with Gasteiger partial charge in [0.1, 0.15) is 21.6 Å². The molecule has 1 aromatic rings. The van der Waals surface area contributed by atoms with E-state index in [-0.39, 0.29) is 5.12 Å². The molecule has 0 atom stereocenters. The summed E-state index contributed by atoms with van der Waals surface area (Å²) in [5, 5.41) is -0.0470. The minimum atomic E-state index is -0.0470. The van der Waals surface area contributed by atoms with Gasteiger partial charge in [0.25, 0.3) is 0 Å². The van der Waals surface area contributed by atoms with Crippen molar-refractivity contribution in [2.45, 2.75) is 0 Å². The summed E-state index contributed by atoms with van der Waals surface area (Å²) in [4.78, 5) is 16.1. The SMILES string of the molecule is COc1ccc(OC)c(/C=C2\N=C(SC)SC2=O)c1. The Balaban J connectivity index is 2.41. The zero-order valence-electron chi connectivity index (χ0n) is 10.8. The number of aliphatic imine (C=N–C) groups is 1. The Morgan fingerprint density at radius 3 is 2.68 bits per heavy atom. The van der Waals surface area contributed by atoms with Gasteiger partial charge in [0, 0.05) is 5.56 Å². The predicted octanol–water partition coefficient (Wildman–Crippen LogP) is 3.04. The first-order valence-electron chi connectivity index (χ1n) is 5.46. The van der Waals surface area contributed by atoms with Crippen molar-refractivity contribution in [3.05, 3.63) is 29.5 Å². The summed E-state index contributed by atoms with van der Waals surface area (Å²) in [6.07, 6.45) is 3.62. The first-order valence-corrected chi connectivity index (χ1v) is 7.50. The smallest absolute Gasteiger partial charge is 0.244 e. The van der Waals surface area contributed by atoms with Gasteiger partial charge in [-0.25, -0.2) is 4.99 Å². The van der Waals surface area contributed by atoms with Gasteiger partial charge in [-0.05, 0) is 42.3 Å². The Bertz CT molecular complexity index is 567. The van der Waals surface area contributed by atoms with Crippen LogP contribution in [0.3, 0.4) is 0 Å². The fourth-order valence-corrected chi connectivity index (χ4v) is 2.84. The molecule has 1 aliphatic rings. The third kappa shape index (κ3) is 3.13. The summed E-state index contributed by atoms with van der Waals surface area (Å²) in [7, 11) is 3.19. The molecular weight excluding hydrogens is 282 g/mol. The van der Waals surface area contributed by atoms with Crippen LogP contribution >= 0.6 is 23.5 Å². The van der Waals surface area contributed by atoms with Crippen LogP contribution in [0.15, 0.2) is 28.9 Å². The van der Waals surface area contributed by atoms with Crippen LogP contribution in [0.1, 0.15) is 5.56 Å². The van der Waals surface area contributed by atoms with Crippen LogP contribution in [0, 0.1) is 0 Å². The maximum absolute atomic E-state index is 11.8. The lowest BCUT2D eigenvalue weighted by atomic mass is 10.1. The summed E-state index contributed by atoms with van der Waals surface area (Å²) in [5.41, 5.74) is 1.21. The third-order valence-electron chi connectivity index (χ3n) is 2.50. The molecule has 0 saturated carbocycles. The first-order chi connectivity index (χ1) is 9.17. The molecule has 1 aromatic carbocycles. The molecule has 0 spiro atoms. The van der Waals surface area contributed by atoms with Crippen molar-refractivity contribution in [3.63, 3.8) is 0 Å². The molecule has 19 heavy (non-hydrogen) atoms. The van der Waals surface area contributed by atoms with Gasteiger partial charge < -0.3 is 9.47 Å². The summed E-state index contributed by atoms with van der Waals surface area (Å²) >= 11 is 2.61. The first kappa shape index (κ1) is 14.0. The van der Waals surface area contributed by atoms with Crippen molar-refractivity contribution >= 4 is 39.1 Å². The van der Waals surface area contributed by atoms with Crippen LogP contribution in [0.2, 0.25) is 0 Å². The number of carbonyl (C=O) groups is 1. The van der Waals surface area contributed by atoms with Gasteiger partial charge in [0.05, 0.1) is 14.2 Å². The van der Waals surface area contributed by atoms with Crippen molar-refractivity contribution in [1.29, 1.82) is 0 Å². The second-order valence-corrected chi connectivity index (χ2v) is 5.62. The number of benzene rings is 1. The van der Waals surface area contributed by atoms with Gasteiger partial charge in [-0.15, -0.1) is 11.8 Å². The van der Waals surface area contributed by atoms with Crippen molar-refractivity contribution in [2.24, 2.45) is 4.99 Å². The summed E-state index contributed by atoms with van der Waals surface area (Å²) < 4.78 is 11.2. The Morgan fingerprint density at radius 1 is 1.32 bits per heavy atom. The molecule has 0 radical (unpaired) electrons. The molecule has 0 N–H and O–H groups in total. The van der Waals surface area contributed by atoms with Crippen LogP contribution in [-0.4, -0.2) is 30.0 Å². The highest BCUT2D eigenvalue weighted by Gasteiger charge is 2.21. The molecule has 0 saturated heterocycles.